The van der Waals surface area contributed by atoms with Gasteiger partial charge in [0.2, 0.25) is 5.91 Å². The first kappa shape index (κ1) is 23.2. The molecule has 0 aliphatic carbocycles. The van der Waals surface area contributed by atoms with Crippen LogP contribution in [0.3, 0.4) is 0 Å². The van der Waals surface area contributed by atoms with Crippen molar-refractivity contribution >= 4 is 30.7 Å². The standard InChI is InChI=1S/C16H28N4O2.2ClH/c1-12-14(13(2)20(3)19-12)9-15(21)18-10-16(11-22-4)5-7-17-8-6-16;;/h17H,5-11H2,1-4H3,(H,18,21);2*1H. The van der Waals surface area contributed by atoms with Gasteiger partial charge in [-0.2, -0.15) is 5.10 Å². The van der Waals surface area contributed by atoms with E-state index >= 15 is 0 Å². The van der Waals surface area contributed by atoms with Crippen LogP contribution in [-0.2, 0) is 23.0 Å². The van der Waals surface area contributed by atoms with Gasteiger partial charge in [0.25, 0.3) is 0 Å². The quantitative estimate of drug-likeness (QED) is 0.785. The van der Waals surface area contributed by atoms with Gasteiger partial charge in [0.15, 0.2) is 0 Å². The molecule has 0 saturated carbocycles. The molecule has 1 saturated heterocycles. The summed E-state index contributed by atoms with van der Waals surface area (Å²) in [6.45, 7) is 7.30. The molecule has 1 amide bonds. The lowest BCUT2D eigenvalue weighted by atomic mass is 9.79. The van der Waals surface area contributed by atoms with Crippen molar-refractivity contribution in [3.05, 3.63) is 17.0 Å². The molecule has 0 unspecified atom stereocenters. The number of methoxy groups -OCH3 is 1. The molecular weight excluding hydrogens is 351 g/mol. The van der Waals surface area contributed by atoms with Crippen LogP contribution in [-0.4, -0.2) is 49.0 Å². The van der Waals surface area contributed by atoms with Gasteiger partial charge in [0, 0.05) is 37.4 Å². The highest BCUT2D eigenvalue weighted by atomic mass is 35.5. The van der Waals surface area contributed by atoms with E-state index in [1.54, 1.807) is 7.11 Å². The van der Waals surface area contributed by atoms with Crippen molar-refractivity contribution in [2.45, 2.75) is 33.1 Å². The zero-order valence-electron chi connectivity index (χ0n) is 15.0. The molecule has 0 radical (unpaired) electrons. The van der Waals surface area contributed by atoms with Crippen LogP contribution in [0.1, 0.15) is 29.8 Å². The summed E-state index contributed by atoms with van der Waals surface area (Å²) in [7, 11) is 3.64. The fourth-order valence-electron chi connectivity index (χ4n) is 3.22. The van der Waals surface area contributed by atoms with E-state index in [-0.39, 0.29) is 36.1 Å². The third kappa shape index (κ3) is 5.62. The summed E-state index contributed by atoms with van der Waals surface area (Å²) < 4.78 is 7.21. The number of carbonyl (C=O) groups excluding carboxylic acids is 1. The highest BCUT2D eigenvalue weighted by Gasteiger charge is 2.32. The zero-order chi connectivity index (χ0) is 16.2. The van der Waals surface area contributed by atoms with Crippen molar-refractivity contribution in [2.24, 2.45) is 12.5 Å². The van der Waals surface area contributed by atoms with E-state index in [1.165, 1.54) is 0 Å². The van der Waals surface area contributed by atoms with E-state index in [4.69, 9.17) is 4.74 Å². The van der Waals surface area contributed by atoms with Gasteiger partial charge in [-0.05, 0) is 39.8 Å². The molecule has 0 atom stereocenters. The second-order valence-corrected chi connectivity index (χ2v) is 6.41. The SMILES string of the molecule is COCC1(CNC(=O)Cc2c(C)nn(C)c2C)CCNCC1.Cl.Cl. The molecule has 140 valence electrons. The van der Waals surface area contributed by atoms with Gasteiger partial charge in [-0.15, -0.1) is 24.8 Å². The second kappa shape index (κ2) is 10.2. The number of halogens is 2. The average Bonchev–Trinajstić information content (AvgIpc) is 2.73. The largest absolute Gasteiger partial charge is 0.384 e. The number of amides is 1. The van der Waals surface area contributed by atoms with Gasteiger partial charge in [-0.1, -0.05) is 0 Å². The van der Waals surface area contributed by atoms with Crippen LogP contribution in [0.15, 0.2) is 0 Å². The van der Waals surface area contributed by atoms with E-state index in [9.17, 15) is 4.79 Å². The van der Waals surface area contributed by atoms with E-state index in [0.717, 1.165) is 42.9 Å². The topological polar surface area (TPSA) is 68.2 Å². The lowest BCUT2D eigenvalue weighted by Crippen LogP contribution is -2.47. The third-order valence-corrected chi connectivity index (χ3v) is 4.77. The number of hydrogen-bond donors (Lipinski definition) is 2. The van der Waals surface area contributed by atoms with Crippen LogP contribution in [0.2, 0.25) is 0 Å². The van der Waals surface area contributed by atoms with Gasteiger partial charge in [-0.25, -0.2) is 0 Å². The Morgan fingerprint density at radius 1 is 1.33 bits per heavy atom. The number of piperidine rings is 1. The van der Waals surface area contributed by atoms with Crippen LogP contribution in [0.5, 0.6) is 0 Å². The normalized spacial score (nSPS) is 16.0. The van der Waals surface area contributed by atoms with Gasteiger partial charge >= 0.3 is 0 Å². The third-order valence-electron chi connectivity index (χ3n) is 4.77. The molecule has 1 aromatic rings. The molecule has 0 bridgehead atoms. The predicted molar refractivity (Wildman–Crippen MR) is 100 cm³/mol. The minimum Gasteiger partial charge on any atom is -0.384 e. The summed E-state index contributed by atoms with van der Waals surface area (Å²) in [6.07, 6.45) is 2.46. The number of hydrogen-bond acceptors (Lipinski definition) is 4. The van der Waals surface area contributed by atoms with Gasteiger partial charge in [0.1, 0.15) is 0 Å². The van der Waals surface area contributed by atoms with Crippen molar-refractivity contribution in [1.29, 1.82) is 0 Å². The van der Waals surface area contributed by atoms with Crippen molar-refractivity contribution in [1.82, 2.24) is 20.4 Å². The molecule has 2 N–H and O–H groups in total. The first-order valence-electron chi connectivity index (χ1n) is 7.93. The van der Waals surface area contributed by atoms with Crippen molar-refractivity contribution < 1.29 is 9.53 Å². The van der Waals surface area contributed by atoms with Gasteiger partial charge < -0.3 is 15.4 Å². The molecule has 0 aromatic carbocycles. The summed E-state index contributed by atoms with van der Waals surface area (Å²) in [4.78, 5) is 12.3. The van der Waals surface area contributed by atoms with Crippen LogP contribution < -0.4 is 10.6 Å². The number of aryl methyl sites for hydroxylation is 2. The lowest BCUT2D eigenvalue weighted by Gasteiger charge is -2.37. The maximum absolute atomic E-state index is 12.3. The summed E-state index contributed by atoms with van der Waals surface area (Å²) in [5, 5.41) is 10.8. The molecule has 24 heavy (non-hydrogen) atoms. The Bertz CT molecular complexity index is 523. The minimum atomic E-state index is 0. The Balaban J connectivity index is 0.00000264. The van der Waals surface area contributed by atoms with E-state index in [2.05, 4.69) is 15.7 Å². The lowest BCUT2D eigenvalue weighted by molar-refractivity contribution is -0.121. The molecule has 0 spiro atoms. The second-order valence-electron chi connectivity index (χ2n) is 6.41. The zero-order valence-corrected chi connectivity index (χ0v) is 16.6. The molecule has 1 aromatic heterocycles. The molecule has 1 fully saturated rings. The first-order chi connectivity index (χ1) is 10.5. The first-order valence-corrected chi connectivity index (χ1v) is 7.93. The molecule has 2 heterocycles. The van der Waals surface area contributed by atoms with E-state index in [0.29, 0.717) is 19.6 Å². The highest BCUT2D eigenvalue weighted by molar-refractivity contribution is 5.85. The molecule has 1 aliphatic rings. The Labute approximate surface area is 156 Å². The Morgan fingerprint density at radius 3 is 2.46 bits per heavy atom. The van der Waals surface area contributed by atoms with Crippen LogP contribution >= 0.6 is 24.8 Å². The Hall–Kier alpha value is -0.820. The number of nitrogens with zero attached hydrogens (tertiary/aromatic N) is 2. The maximum atomic E-state index is 12.3. The Morgan fingerprint density at radius 2 is 1.96 bits per heavy atom. The number of aromatic nitrogens is 2. The fraction of sp³-hybridized carbons (Fsp3) is 0.750. The summed E-state index contributed by atoms with van der Waals surface area (Å²) in [6, 6.07) is 0. The highest BCUT2D eigenvalue weighted by Crippen LogP contribution is 2.28. The van der Waals surface area contributed by atoms with Crippen LogP contribution in [0, 0.1) is 19.3 Å². The van der Waals surface area contributed by atoms with Crippen LogP contribution in [0.25, 0.3) is 0 Å². The smallest absolute Gasteiger partial charge is 0.224 e. The predicted octanol–water partition coefficient (Wildman–Crippen LogP) is 1.56. The average molecular weight is 381 g/mol. The maximum Gasteiger partial charge on any atom is 0.224 e. The van der Waals surface area contributed by atoms with E-state index < -0.39 is 0 Å². The minimum absolute atomic E-state index is 0. The summed E-state index contributed by atoms with van der Waals surface area (Å²) >= 11 is 0. The van der Waals surface area contributed by atoms with Crippen molar-refractivity contribution in [3.63, 3.8) is 0 Å². The molecule has 8 heteroatoms. The number of carbonyl (C=O) groups is 1. The van der Waals surface area contributed by atoms with Gasteiger partial charge in [-0.3, -0.25) is 9.48 Å². The molecular formula is C16H30Cl2N4O2. The number of ether oxygens (including phenoxy) is 1. The molecule has 1 aliphatic heterocycles. The summed E-state index contributed by atoms with van der Waals surface area (Å²) in [5.41, 5.74) is 3.09. The van der Waals surface area contributed by atoms with Gasteiger partial charge in [0.05, 0.1) is 18.7 Å². The van der Waals surface area contributed by atoms with Crippen molar-refractivity contribution in [2.75, 3.05) is 33.4 Å². The van der Waals surface area contributed by atoms with Crippen LogP contribution in [0.4, 0.5) is 0 Å². The monoisotopic (exact) mass is 380 g/mol. The van der Waals surface area contributed by atoms with E-state index in [1.807, 2.05) is 25.6 Å². The van der Waals surface area contributed by atoms with Crippen molar-refractivity contribution in [3.8, 4) is 0 Å². The fourth-order valence-corrected chi connectivity index (χ4v) is 3.22. The number of nitrogens with one attached hydrogen (secondary N) is 2. The Kier molecular flexibility index (Phi) is 9.88. The summed E-state index contributed by atoms with van der Waals surface area (Å²) in [5.74, 6) is 0.0632. The molecule has 2 rings (SSSR count). The molecule has 6 nitrogen and oxygen atoms in total. The number of rotatable bonds is 6.